The maximum Gasteiger partial charge on any atom is 0.304 e. The number of thiophene rings is 1. The first-order valence-corrected chi connectivity index (χ1v) is 15.8. The summed E-state index contributed by atoms with van der Waals surface area (Å²) >= 11 is 1.69. The van der Waals surface area contributed by atoms with Gasteiger partial charge in [0.25, 0.3) is 0 Å². The zero-order valence-corrected chi connectivity index (χ0v) is 26.3. The summed E-state index contributed by atoms with van der Waals surface area (Å²) < 4.78 is 9.34. The maximum absolute atomic E-state index is 12.3. The highest BCUT2D eigenvalue weighted by molar-refractivity contribution is 7.17. The van der Waals surface area contributed by atoms with E-state index in [1.807, 2.05) is 37.8 Å². The van der Waals surface area contributed by atoms with Crippen molar-refractivity contribution in [2.24, 2.45) is 0 Å². The molecule has 0 amide bonds. The Hall–Kier alpha value is -4.06. The topological polar surface area (TPSA) is 117 Å². The van der Waals surface area contributed by atoms with E-state index in [-0.39, 0.29) is 24.3 Å². The monoisotopic (exact) mass is 614 g/mol. The zero-order valence-electron chi connectivity index (χ0n) is 25.5. The molecule has 1 aliphatic heterocycles. The summed E-state index contributed by atoms with van der Waals surface area (Å²) in [5.74, 6) is -0.527. The molecule has 44 heavy (non-hydrogen) atoms. The minimum absolute atomic E-state index is 0.00937. The van der Waals surface area contributed by atoms with Gasteiger partial charge in [0.1, 0.15) is 23.1 Å². The first kappa shape index (κ1) is 30.0. The van der Waals surface area contributed by atoms with Crippen LogP contribution in [0, 0.1) is 6.92 Å². The summed E-state index contributed by atoms with van der Waals surface area (Å²) in [6.07, 6.45) is 0.792. The highest BCUT2D eigenvalue weighted by Crippen LogP contribution is 2.38. The lowest BCUT2D eigenvalue weighted by Crippen LogP contribution is -2.32. The van der Waals surface area contributed by atoms with Crippen molar-refractivity contribution in [1.82, 2.24) is 29.8 Å². The average molecular weight is 615 g/mol. The Morgan fingerprint density at radius 1 is 1.20 bits per heavy atom. The number of rotatable bonds is 10. The lowest BCUT2D eigenvalue weighted by atomic mass is 9.84. The van der Waals surface area contributed by atoms with Crippen molar-refractivity contribution in [2.75, 3.05) is 27.2 Å². The van der Waals surface area contributed by atoms with Gasteiger partial charge in [-0.3, -0.25) is 9.69 Å². The maximum atomic E-state index is 12.3. The Kier molecular flexibility index (Phi) is 8.53. The number of fused-ring (bicyclic) bond motifs is 3. The largest absolute Gasteiger partial charge is 0.493 e. The van der Waals surface area contributed by atoms with Crippen LogP contribution in [0.2, 0.25) is 0 Å². The van der Waals surface area contributed by atoms with Crippen molar-refractivity contribution >= 4 is 38.4 Å². The third-order valence-corrected chi connectivity index (χ3v) is 9.45. The van der Waals surface area contributed by atoms with Crippen molar-refractivity contribution in [1.29, 1.82) is 0 Å². The predicted octanol–water partition coefficient (Wildman–Crippen LogP) is 5.40. The number of aromatic nitrogens is 4. The quantitative estimate of drug-likeness (QED) is 0.213. The van der Waals surface area contributed by atoms with Gasteiger partial charge in [-0.1, -0.05) is 24.3 Å². The lowest BCUT2D eigenvalue weighted by molar-refractivity contribution is -0.137. The van der Waals surface area contributed by atoms with E-state index in [1.54, 1.807) is 23.5 Å². The third-order valence-electron chi connectivity index (χ3n) is 8.44. The van der Waals surface area contributed by atoms with Gasteiger partial charge >= 0.3 is 5.97 Å². The van der Waals surface area contributed by atoms with Crippen LogP contribution in [0.15, 0.2) is 47.8 Å². The van der Waals surface area contributed by atoms with Gasteiger partial charge in [0.05, 0.1) is 18.5 Å². The highest BCUT2D eigenvalue weighted by atomic mass is 32.1. The number of carboxylic acid groups (broad SMARTS) is 1. The van der Waals surface area contributed by atoms with E-state index in [4.69, 9.17) is 4.74 Å². The summed E-state index contributed by atoms with van der Waals surface area (Å²) in [7, 11) is 4.06. The first-order chi connectivity index (χ1) is 21.2. The van der Waals surface area contributed by atoms with E-state index in [1.165, 1.54) is 4.70 Å². The molecular formula is C33H38N6O4S. The molecule has 0 unspecified atom stereocenters. The number of carboxylic acids is 1. The summed E-state index contributed by atoms with van der Waals surface area (Å²) in [6.45, 7) is 7.57. The van der Waals surface area contributed by atoms with Crippen LogP contribution in [0.3, 0.4) is 0 Å². The van der Waals surface area contributed by atoms with E-state index in [0.29, 0.717) is 31.1 Å². The van der Waals surface area contributed by atoms with E-state index in [9.17, 15) is 15.0 Å². The number of pyridine rings is 1. The smallest absolute Gasteiger partial charge is 0.304 e. The molecule has 0 bridgehead atoms. The summed E-state index contributed by atoms with van der Waals surface area (Å²) in [4.78, 5) is 21.1. The molecule has 0 aliphatic carbocycles. The number of hydrogen-bond donors (Lipinski definition) is 2. The molecule has 4 heterocycles. The van der Waals surface area contributed by atoms with Crippen LogP contribution in [0.5, 0.6) is 11.6 Å². The third kappa shape index (κ3) is 6.12. The van der Waals surface area contributed by atoms with Crippen LogP contribution >= 0.6 is 11.3 Å². The fourth-order valence-electron chi connectivity index (χ4n) is 6.16. The second-order valence-corrected chi connectivity index (χ2v) is 12.8. The number of hydrogen-bond acceptors (Lipinski definition) is 9. The number of carbonyl (C=O) groups is 1. The molecule has 0 radical (unpaired) electrons. The minimum Gasteiger partial charge on any atom is -0.493 e. The number of aromatic hydroxyl groups is 1. The second-order valence-electron chi connectivity index (χ2n) is 11.9. The molecule has 230 valence electrons. The molecule has 6 rings (SSSR count). The van der Waals surface area contributed by atoms with Gasteiger partial charge in [-0.25, -0.2) is 9.67 Å². The van der Waals surface area contributed by atoms with Crippen molar-refractivity contribution in [3.63, 3.8) is 0 Å². The fourth-order valence-corrected chi connectivity index (χ4v) is 7.04. The molecule has 2 atom stereocenters. The van der Waals surface area contributed by atoms with Crippen molar-refractivity contribution < 1.29 is 19.7 Å². The summed E-state index contributed by atoms with van der Waals surface area (Å²) in [6, 6.07) is 13.8. The van der Waals surface area contributed by atoms with E-state index < -0.39 is 5.97 Å². The van der Waals surface area contributed by atoms with Gasteiger partial charge in [0, 0.05) is 42.9 Å². The van der Waals surface area contributed by atoms with Gasteiger partial charge in [-0.05, 0) is 84.7 Å². The van der Waals surface area contributed by atoms with Crippen molar-refractivity contribution in [3.05, 3.63) is 75.8 Å². The number of aryl methyl sites for hydroxylation is 1. The predicted molar refractivity (Wildman–Crippen MR) is 171 cm³/mol. The Morgan fingerprint density at radius 2 is 2.05 bits per heavy atom. The second kappa shape index (κ2) is 12.5. The van der Waals surface area contributed by atoms with Gasteiger partial charge in [-0.15, -0.1) is 16.4 Å². The molecule has 0 saturated heterocycles. The summed E-state index contributed by atoms with van der Waals surface area (Å²) in [5.41, 5.74) is 6.46. The number of ether oxygens (including phenoxy) is 1. The molecule has 1 aliphatic rings. The van der Waals surface area contributed by atoms with Crippen LogP contribution in [0.4, 0.5) is 0 Å². The SMILES string of the molecule is CC[C@@H]1CN(Cc2cc([C@@H](CC(=O)O)c3ccc4c(nnn4CCN(C)C)c3C)cc3ccsc23)Cc2nc(O)ccc2O1. The molecule has 11 heteroatoms. The molecule has 10 nitrogen and oxygen atoms in total. The molecule has 0 saturated carbocycles. The van der Waals surface area contributed by atoms with Crippen LogP contribution in [0.1, 0.15) is 53.6 Å². The Balaban J connectivity index is 1.38. The van der Waals surface area contributed by atoms with Crippen LogP contribution < -0.4 is 4.74 Å². The lowest BCUT2D eigenvalue weighted by Gasteiger charge is -2.25. The Labute approximate surface area is 260 Å². The van der Waals surface area contributed by atoms with Crippen LogP contribution in [-0.4, -0.2) is 79.2 Å². The van der Waals surface area contributed by atoms with Crippen LogP contribution in [-0.2, 0) is 24.4 Å². The Morgan fingerprint density at radius 3 is 2.82 bits per heavy atom. The number of nitrogens with zero attached hydrogens (tertiary/aromatic N) is 6. The molecule has 0 spiro atoms. The van der Waals surface area contributed by atoms with Gasteiger partial charge in [-0.2, -0.15) is 0 Å². The van der Waals surface area contributed by atoms with Gasteiger partial charge in [0.15, 0.2) is 0 Å². The van der Waals surface area contributed by atoms with Crippen molar-refractivity contribution in [2.45, 2.75) is 58.3 Å². The van der Waals surface area contributed by atoms with E-state index in [0.717, 1.165) is 58.2 Å². The standard InChI is InChI=1S/C33H38N6O4S/c1-5-24-18-38(19-27-29(43-24)8-9-30(40)34-27)17-23-15-22(14-21-10-13-44-33(21)23)26(16-31(41)42)25-6-7-28-32(20(25)2)35-36-39(28)12-11-37(3)4/h6-10,13-15,24,26H,5,11-12,16-19H2,1-4H3,(H,34,40)(H,41,42)/t24-,26-/m1/s1. The average Bonchev–Trinajstić information content (AvgIpc) is 3.59. The zero-order chi connectivity index (χ0) is 31.0. The number of likely N-dealkylation sites (N-methyl/N-ethyl adjacent to an activating group) is 1. The molecule has 5 aromatic rings. The number of benzene rings is 2. The minimum atomic E-state index is -0.853. The van der Waals surface area contributed by atoms with Crippen LogP contribution in [0.25, 0.3) is 21.1 Å². The van der Waals surface area contributed by atoms with Gasteiger partial charge in [0.2, 0.25) is 5.88 Å². The van der Waals surface area contributed by atoms with Crippen molar-refractivity contribution in [3.8, 4) is 11.6 Å². The van der Waals surface area contributed by atoms with E-state index >= 15 is 0 Å². The fraction of sp³-hybridized carbons (Fsp3) is 0.394. The molecule has 2 N–H and O–H groups in total. The van der Waals surface area contributed by atoms with Gasteiger partial charge < -0.3 is 19.8 Å². The molecule has 0 fully saturated rings. The normalized spacial score (nSPS) is 16.2. The highest BCUT2D eigenvalue weighted by Gasteiger charge is 2.27. The molecule has 2 aromatic carbocycles. The van der Waals surface area contributed by atoms with E-state index in [2.05, 4.69) is 55.6 Å². The molecular weight excluding hydrogens is 576 g/mol. The summed E-state index contributed by atoms with van der Waals surface area (Å²) in [5, 5.41) is 32.2. The first-order valence-electron chi connectivity index (χ1n) is 15.0. The Bertz CT molecular complexity index is 1820. The number of aliphatic carboxylic acids is 1. The molecule has 3 aromatic heterocycles.